The molecule has 0 N–H and O–H groups in total. The van der Waals surface area contributed by atoms with Gasteiger partial charge in [0.05, 0.1) is 21.5 Å². The molecule has 2 aromatic heterocycles. The Balaban J connectivity index is 1.92. The summed E-state index contributed by atoms with van der Waals surface area (Å²) in [5, 5.41) is 0.899. The van der Waals surface area contributed by atoms with Crippen LogP contribution >= 0.6 is 0 Å². The Labute approximate surface area is 187 Å². The molecule has 0 saturated carbocycles. The van der Waals surface area contributed by atoms with Gasteiger partial charge in [-0.1, -0.05) is 27.7 Å². The topological polar surface area (TPSA) is 84.6 Å². The second-order valence-corrected chi connectivity index (χ2v) is 8.23. The van der Waals surface area contributed by atoms with Crippen LogP contribution in [0.4, 0.5) is 0 Å². The van der Waals surface area contributed by atoms with Crippen molar-refractivity contribution >= 4 is 21.5 Å². The molecule has 0 bridgehead atoms. The zero-order valence-electron chi connectivity index (χ0n) is 19.6. The van der Waals surface area contributed by atoms with Crippen molar-refractivity contribution in [3.8, 4) is 0 Å². The van der Waals surface area contributed by atoms with Crippen molar-refractivity contribution in [2.45, 2.75) is 53.6 Å². The van der Waals surface area contributed by atoms with Crippen LogP contribution < -0.4 is 22.2 Å². The van der Waals surface area contributed by atoms with Gasteiger partial charge in [-0.15, -0.1) is 0 Å². The molecule has 0 atom stereocenters. The summed E-state index contributed by atoms with van der Waals surface area (Å²) in [6.07, 6.45) is 1.37. The number of aromatic nitrogens is 2. The smallest absolute Gasteiger partial charge is 0.261 e. The summed E-state index contributed by atoms with van der Waals surface area (Å²) < 4.78 is 2.47. The van der Waals surface area contributed by atoms with E-state index in [0.29, 0.717) is 25.9 Å². The fraction of sp³-hybridized carbons (Fsp3) is 0.583. The first-order valence-corrected chi connectivity index (χ1v) is 11.7. The average molecular weight is 443 g/mol. The summed E-state index contributed by atoms with van der Waals surface area (Å²) in [6, 6.07) is 2.89. The molecule has 1 aromatic carbocycles. The maximum Gasteiger partial charge on any atom is 0.261 e. The van der Waals surface area contributed by atoms with Gasteiger partial charge < -0.3 is 9.80 Å². The van der Waals surface area contributed by atoms with E-state index in [9.17, 15) is 19.2 Å². The molecule has 0 radical (unpaired) electrons. The zero-order valence-corrected chi connectivity index (χ0v) is 19.6. The van der Waals surface area contributed by atoms with E-state index in [2.05, 4.69) is 37.5 Å². The largest absolute Gasteiger partial charge is 0.304 e. The Morgan fingerprint density at radius 3 is 1.09 bits per heavy atom. The maximum atomic E-state index is 12.9. The van der Waals surface area contributed by atoms with Gasteiger partial charge in [-0.05, 0) is 64.2 Å². The van der Waals surface area contributed by atoms with Gasteiger partial charge in [-0.25, -0.2) is 0 Å². The van der Waals surface area contributed by atoms with Crippen molar-refractivity contribution < 1.29 is 0 Å². The van der Waals surface area contributed by atoms with Gasteiger partial charge in [-0.2, -0.15) is 0 Å². The fourth-order valence-electron chi connectivity index (χ4n) is 4.46. The number of benzene rings is 1. The van der Waals surface area contributed by atoms with Crippen LogP contribution in [0.15, 0.2) is 31.3 Å². The lowest BCUT2D eigenvalue weighted by Crippen LogP contribution is -2.30. The molecule has 2 heterocycles. The molecule has 0 unspecified atom stereocenters. The van der Waals surface area contributed by atoms with E-state index in [4.69, 9.17) is 0 Å². The molecule has 3 aromatic rings. The first-order valence-electron chi connectivity index (χ1n) is 11.7. The van der Waals surface area contributed by atoms with Crippen LogP contribution in [0.1, 0.15) is 40.5 Å². The Morgan fingerprint density at radius 2 is 0.844 bits per heavy atom. The highest BCUT2D eigenvalue weighted by molar-refractivity contribution is 5.97. The molecule has 0 spiro atoms. The third-order valence-corrected chi connectivity index (χ3v) is 6.56. The van der Waals surface area contributed by atoms with Gasteiger partial charge in [0.1, 0.15) is 0 Å². The molecule has 0 saturated heterocycles. The molecule has 0 fully saturated rings. The van der Waals surface area contributed by atoms with Gasteiger partial charge >= 0.3 is 0 Å². The van der Waals surface area contributed by atoms with Crippen molar-refractivity contribution in [3.63, 3.8) is 0 Å². The SMILES string of the molecule is CCN(CC)CCCn1c(=O)c2cc3c(=O)n(CCCN(CC)CC)c(=O)c3cc2c1=O. The summed E-state index contributed by atoms with van der Waals surface area (Å²) in [5.41, 5.74) is -1.53. The van der Waals surface area contributed by atoms with Crippen molar-refractivity contribution in [2.75, 3.05) is 39.3 Å². The number of nitrogens with zero attached hydrogens (tertiary/aromatic N) is 4. The highest BCUT2D eigenvalue weighted by atomic mass is 16.2. The Morgan fingerprint density at radius 1 is 0.562 bits per heavy atom. The summed E-state index contributed by atoms with van der Waals surface area (Å²) >= 11 is 0. The first kappa shape index (κ1) is 24.1. The number of hydrogen-bond acceptors (Lipinski definition) is 6. The second-order valence-electron chi connectivity index (χ2n) is 8.23. The van der Waals surface area contributed by atoms with Gasteiger partial charge in [0, 0.05) is 13.1 Å². The van der Waals surface area contributed by atoms with E-state index >= 15 is 0 Å². The van der Waals surface area contributed by atoms with Crippen LogP contribution in [-0.2, 0) is 13.1 Å². The molecule has 8 heteroatoms. The molecular weight excluding hydrogens is 408 g/mol. The molecule has 8 nitrogen and oxygen atoms in total. The van der Waals surface area contributed by atoms with Crippen LogP contribution in [0, 0.1) is 0 Å². The lowest BCUT2D eigenvalue weighted by Gasteiger charge is -2.17. The lowest BCUT2D eigenvalue weighted by atomic mass is 10.1. The van der Waals surface area contributed by atoms with E-state index < -0.39 is 0 Å². The van der Waals surface area contributed by atoms with Crippen molar-refractivity contribution in [3.05, 3.63) is 53.5 Å². The summed E-state index contributed by atoms with van der Waals surface area (Å²) in [7, 11) is 0. The Kier molecular flexibility index (Phi) is 7.79. The minimum absolute atomic E-state index is 0.225. The minimum atomic E-state index is -0.382. The highest BCUT2D eigenvalue weighted by Gasteiger charge is 2.19. The summed E-state index contributed by atoms with van der Waals surface area (Å²) in [6.45, 7) is 14.2. The van der Waals surface area contributed by atoms with E-state index in [1.807, 2.05) is 0 Å². The predicted molar refractivity (Wildman–Crippen MR) is 130 cm³/mol. The molecule has 0 aliphatic rings. The summed E-state index contributed by atoms with van der Waals surface area (Å²) in [4.78, 5) is 56.0. The molecule has 3 rings (SSSR count). The quantitative estimate of drug-likeness (QED) is 0.421. The highest BCUT2D eigenvalue weighted by Crippen LogP contribution is 2.14. The van der Waals surface area contributed by atoms with E-state index in [0.717, 1.165) is 39.3 Å². The van der Waals surface area contributed by atoms with Crippen LogP contribution in [0.5, 0.6) is 0 Å². The van der Waals surface area contributed by atoms with E-state index in [1.165, 1.54) is 21.3 Å². The van der Waals surface area contributed by atoms with Crippen molar-refractivity contribution in [2.24, 2.45) is 0 Å². The van der Waals surface area contributed by atoms with Gasteiger partial charge in [0.25, 0.3) is 22.2 Å². The van der Waals surface area contributed by atoms with Crippen LogP contribution in [0.2, 0.25) is 0 Å². The molecule has 0 aliphatic carbocycles. The fourth-order valence-corrected chi connectivity index (χ4v) is 4.46. The molecule has 0 amide bonds. The number of hydrogen-bond donors (Lipinski definition) is 0. The first-order chi connectivity index (χ1) is 15.4. The van der Waals surface area contributed by atoms with Gasteiger partial charge in [-0.3, -0.25) is 28.3 Å². The Bertz CT molecular complexity index is 1100. The van der Waals surface area contributed by atoms with E-state index in [1.54, 1.807) is 0 Å². The molecule has 32 heavy (non-hydrogen) atoms. The van der Waals surface area contributed by atoms with Gasteiger partial charge in [0.15, 0.2) is 0 Å². The second kappa shape index (κ2) is 10.4. The van der Waals surface area contributed by atoms with Crippen LogP contribution in [-0.4, -0.2) is 58.2 Å². The normalized spacial score (nSPS) is 12.2. The molecule has 0 aliphatic heterocycles. The standard InChI is InChI=1S/C24H34N4O4/c1-5-25(6-2)11-9-13-27-21(29)17-15-19-20(16-18(17)22(27)30)24(32)28(23(19)31)14-10-12-26(7-3)8-4/h15-16H,5-14H2,1-4H3. The van der Waals surface area contributed by atoms with Gasteiger partial charge in [0.2, 0.25) is 0 Å². The monoisotopic (exact) mass is 442 g/mol. The number of rotatable bonds is 12. The van der Waals surface area contributed by atoms with Crippen LogP contribution in [0.25, 0.3) is 21.5 Å². The predicted octanol–water partition coefficient (Wildman–Crippen LogP) is 1.38. The lowest BCUT2D eigenvalue weighted by molar-refractivity contribution is 0.292. The third-order valence-electron chi connectivity index (χ3n) is 6.56. The van der Waals surface area contributed by atoms with Crippen LogP contribution in [0.3, 0.4) is 0 Å². The van der Waals surface area contributed by atoms with Crippen molar-refractivity contribution in [1.82, 2.24) is 18.9 Å². The zero-order chi connectivity index (χ0) is 23.4. The maximum absolute atomic E-state index is 12.9. The molecular formula is C24H34N4O4. The average Bonchev–Trinajstić information content (AvgIpc) is 3.18. The molecule has 174 valence electrons. The Hall–Kier alpha value is -2.58. The number of fused-ring (bicyclic) bond motifs is 2. The summed E-state index contributed by atoms with van der Waals surface area (Å²) in [5.74, 6) is 0. The third kappa shape index (κ3) is 4.47. The van der Waals surface area contributed by atoms with Crippen molar-refractivity contribution in [1.29, 1.82) is 0 Å². The minimum Gasteiger partial charge on any atom is -0.304 e. The van der Waals surface area contributed by atoms with E-state index in [-0.39, 0.29) is 43.8 Å².